The fourth-order valence-corrected chi connectivity index (χ4v) is 2.43. The molecule has 1 aliphatic heterocycles. The molecule has 0 spiro atoms. The van der Waals surface area contributed by atoms with Gasteiger partial charge in [0.15, 0.2) is 0 Å². The Morgan fingerprint density at radius 2 is 2.18 bits per heavy atom. The summed E-state index contributed by atoms with van der Waals surface area (Å²) in [7, 11) is 0. The van der Waals surface area contributed by atoms with E-state index in [1.807, 2.05) is 12.1 Å². The minimum Gasteiger partial charge on any atom is -0.493 e. The number of fused-ring (bicyclic) bond motifs is 1. The Balaban J connectivity index is 2.43. The smallest absolute Gasteiger partial charge is 0.314 e. The Morgan fingerprint density at radius 3 is 2.88 bits per heavy atom. The highest BCUT2D eigenvalue weighted by molar-refractivity contribution is 5.83. The molecule has 1 unspecified atom stereocenters. The van der Waals surface area contributed by atoms with Crippen molar-refractivity contribution in [1.29, 1.82) is 0 Å². The van der Waals surface area contributed by atoms with E-state index >= 15 is 0 Å². The summed E-state index contributed by atoms with van der Waals surface area (Å²) >= 11 is 0. The number of para-hydroxylation sites is 1. The first-order chi connectivity index (χ1) is 8.20. The lowest BCUT2D eigenvalue weighted by Crippen LogP contribution is -2.40. The Morgan fingerprint density at radius 1 is 1.41 bits per heavy atom. The molecule has 4 heteroatoms. The summed E-state index contributed by atoms with van der Waals surface area (Å²) in [5.41, 5.74) is -0.176. The molecule has 0 aromatic heterocycles. The molecule has 0 radical (unpaired) electrons. The van der Waals surface area contributed by atoms with E-state index in [0.717, 1.165) is 5.56 Å². The quantitative estimate of drug-likeness (QED) is 0.832. The summed E-state index contributed by atoms with van der Waals surface area (Å²) in [6.07, 6.45) is 1.39. The van der Waals surface area contributed by atoms with Gasteiger partial charge < -0.3 is 14.9 Å². The van der Waals surface area contributed by atoms with E-state index in [2.05, 4.69) is 0 Å². The summed E-state index contributed by atoms with van der Waals surface area (Å²) < 4.78 is 5.48. The van der Waals surface area contributed by atoms with Crippen LogP contribution in [0.2, 0.25) is 0 Å². The zero-order valence-corrected chi connectivity index (χ0v) is 9.56. The highest BCUT2D eigenvalue weighted by Gasteiger charge is 2.43. The summed E-state index contributed by atoms with van der Waals surface area (Å²) in [6.45, 7) is 0.423. The summed E-state index contributed by atoms with van der Waals surface area (Å²) in [6, 6.07) is 7.26. The average molecular weight is 236 g/mol. The zero-order valence-electron chi connectivity index (χ0n) is 9.56. The van der Waals surface area contributed by atoms with Crippen LogP contribution >= 0.6 is 0 Å². The van der Waals surface area contributed by atoms with Crippen molar-refractivity contribution in [2.45, 2.75) is 24.7 Å². The fourth-order valence-electron chi connectivity index (χ4n) is 2.43. The van der Waals surface area contributed by atoms with E-state index in [4.69, 9.17) is 9.84 Å². The minimum absolute atomic E-state index is 0.0120. The number of benzene rings is 1. The number of carboxylic acids is 1. The molecule has 0 amide bonds. The number of carboxylic acid groups (broad SMARTS) is 1. The van der Waals surface area contributed by atoms with Gasteiger partial charge in [-0.2, -0.15) is 0 Å². The Hall–Kier alpha value is -1.55. The van der Waals surface area contributed by atoms with Gasteiger partial charge in [-0.15, -0.1) is 0 Å². The minimum atomic E-state index is -0.905. The van der Waals surface area contributed by atoms with E-state index < -0.39 is 11.4 Å². The number of aliphatic hydroxyl groups is 1. The number of hydrogen-bond donors (Lipinski definition) is 2. The molecular weight excluding hydrogens is 220 g/mol. The van der Waals surface area contributed by atoms with Crippen LogP contribution in [0.15, 0.2) is 24.3 Å². The van der Waals surface area contributed by atoms with Crippen LogP contribution in [0, 0.1) is 0 Å². The highest BCUT2D eigenvalue weighted by Crippen LogP contribution is 2.42. The van der Waals surface area contributed by atoms with Gasteiger partial charge in [-0.05, 0) is 18.9 Å². The molecule has 17 heavy (non-hydrogen) atoms. The predicted molar refractivity (Wildman–Crippen MR) is 62.2 cm³/mol. The second-order valence-electron chi connectivity index (χ2n) is 4.31. The van der Waals surface area contributed by atoms with E-state index in [0.29, 0.717) is 31.6 Å². The topological polar surface area (TPSA) is 66.8 Å². The van der Waals surface area contributed by atoms with Crippen molar-refractivity contribution in [1.82, 2.24) is 0 Å². The first-order valence-electron chi connectivity index (χ1n) is 5.77. The van der Waals surface area contributed by atoms with Crippen LogP contribution in [0.25, 0.3) is 0 Å². The van der Waals surface area contributed by atoms with Gasteiger partial charge in [-0.25, -0.2) is 0 Å². The summed E-state index contributed by atoms with van der Waals surface area (Å²) in [4.78, 5) is 11.6. The van der Waals surface area contributed by atoms with Crippen LogP contribution in [0.3, 0.4) is 0 Å². The maximum atomic E-state index is 11.6. The molecule has 1 atom stereocenters. The molecule has 0 saturated heterocycles. The molecule has 0 aliphatic carbocycles. The van der Waals surface area contributed by atoms with Crippen LogP contribution in [-0.2, 0) is 10.2 Å². The number of ether oxygens (including phenoxy) is 1. The molecule has 0 saturated carbocycles. The average Bonchev–Trinajstić information content (AvgIpc) is 2.36. The normalized spacial score (nSPS) is 22.6. The molecule has 92 valence electrons. The number of aliphatic hydroxyl groups excluding tert-OH is 1. The van der Waals surface area contributed by atoms with Crippen LogP contribution < -0.4 is 4.74 Å². The van der Waals surface area contributed by atoms with Gasteiger partial charge in [0.25, 0.3) is 0 Å². The second-order valence-corrected chi connectivity index (χ2v) is 4.31. The molecular formula is C13H16O4. The molecule has 4 nitrogen and oxygen atoms in total. The van der Waals surface area contributed by atoms with E-state index in [1.165, 1.54) is 0 Å². The molecule has 1 heterocycles. The van der Waals surface area contributed by atoms with Crippen molar-refractivity contribution >= 4 is 5.97 Å². The predicted octanol–water partition coefficient (Wildman–Crippen LogP) is 1.56. The zero-order chi connectivity index (χ0) is 12.3. The number of hydrogen-bond acceptors (Lipinski definition) is 3. The first kappa shape index (κ1) is 11.9. The van der Waals surface area contributed by atoms with Gasteiger partial charge in [0.05, 0.1) is 12.0 Å². The molecule has 1 aromatic carbocycles. The van der Waals surface area contributed by atoms with Gasteiger partial charge in [-0.1, -0.05) is 18.2 Å². The summed E-state index contributed by atoms with van der Waals surface area (Å²) in [5, 5.41) is 18.4. The van der Waals surface area contributed by atoms with Gasteiger partial charge in [0, 0.05) is 18.6 Å². The summed E-state index contributed by atoms with van der Waals surface area (Å²) in [5.74, 6) is -0.180. The van der Waals surface area contributed by atoms with Crippen molar-refractivity contribution in [2.75, 3.05) is 13.2 Å². The highest BCUT2D eigenvalue weighted by atomic mass is 16.5. The molecule has 0 fully saturated rings. The third-order valence-electron chi connectivity index (χ3n) is 3.36. The van der Waals surface area contributed by atoms with Crippen LogP contribution in [-0.4, -0.2) is 29.4 Å². The van der Waals surface area contributed by atoms with Crippen LogP contribution in [0.4, 0.5) is 0 Å². The maximum Gasteiger partial charge on any atom is 0.314 e. The van der Waals surface area contributed by atoms with Crippen molar-refractivity contribution in [3.05, 3.63) is 29.8 Å². The third kappa shape index (κ3) is 2.00. The van der Waals surface area contributed by atoms with E-state index in [9.17, 15) is 9.90 Å². The van der Waals surface area contributed by atoms with E-state index in [-0.39, 0.29) is 6.61 Å². The fraction of sp³-hybridized carbons (Fsp3) is 0.462. The lowest BCUT2D eigenvalue weighted by atomic mass is 9.73. The van der Waals surface area contributed by atoms with Crippen LogP contribution in [0.5, 0.6) is 5.75 Å². The Labute approximate surface area is 99.8 Å². The van der Waals surface area contributed by atoms with Crippen LogP contribution in [0.1, 0.15) is 24.8 Å². The lowest BCUT2D eigenvalue weighted by Gasteiger charge is -2.35. The first-order valence-corrected chi connectivity index (χ1v) is 5.77. The third-order valence-corrected chi connectivity index (χ3v) is 3.36. The van der Waals surface area contributed by atoms with Gasteiger partial charge in [-0.3, -0.25) is 4.79 Å². The standard InChI is InChI=1S/C13H16O4/c14-8-3-6-13(12(15)16)7-9-17-11-5-2-1-4-10(11)13/h1-2,4-5,14H,3,6-9H2,(H,15,16). The Bertz CT molecular complexity index is 416. The largest absolute Gasteiger partial charge is 0.493 e. The van der Waals surface area contributed by atoms with E-state index in [1.54, 1.807) is 12.1 Å². The van der Waals surface area contributed by atoms with Crippen molar-refractivity contribution in [2.24, 2.45) is 0 Å². The molecule has 1 aromatic rings. The van der Waals surface area contributed by atoms with Crippen molar-refractivity contribution < 1.29 is 19.7 Å². The van der Waals surface area contributed by atoms with Crippen molar-refractivity contribution in [3.63, 3.8) is 0 Å². The number of aliphatic carboxylic acids is 1. The van der Waals surface area contributed by atoms with Gasteiger partial charge >= 0.3 is 5.97 Å². The van der Waals surface area contributed by atoms with Crippen molar-refractivity contribution in [3.8, 4) is 5.75 Å². The maximum absolute atomic E-state index is 11.6. The Kier molecular flexibility index (Phi) is 3.33. The van der Waals surface area contributed by atoms with Gasteiger partial charge in [0.2, 0.25) is 0 Å². The molecule has 1 aliphatic rings. The second kappa shape index (κ2) is 4.75. The molecule has 2 rings (SSSR count). The molecule has 2 N–H and O–H groups in total. The number of rotatable bonds is 4. The lowest BCUT2D eigenvalue weighted by molar-refractivity contribution is -0.145. The number of carbonyl (C=O) groups is 1. The monoisotopic (exact) mass is 236 g/mol. The SMILES string of the molecule is O=C(O)C1(CCCO)CCOc2ccccc21. The molecule has 0 bridgehead atoms. The van der Waals surface area contributed by atoms with Gasteiger partial charge in [0.1, 0.15) is 5.75 Å².